The lowest BCUT2D eigenvalue weighted by Crippen LogP contribution is -2.50. The summed E-state index contributed by atoms with van der Waals surface area (Å²) in [5.74, 6) is -1.36. The number of hydrogen-bond acceptors (Lipinski definition) is 4. The lowest BCUT2D eigenvalue weighted by Gasteiger charge is -2.23. The third-order valence-corrected chi connectivity index (χ3v) is 3.46. The summed E-state index contributed by atoms with van der Waals surface area (Å²) < 4.78 is 0. The number of likely N-dealkylation sites (N-methyl/N-ethyl adjacent to an activating group) is 1. The second-order valence-electron chi connectivity index (χ2n) is 5.07. The first-order valence-electron chi connectivity index (χ1n) is 6.58. The van der Waals surface area contributed by atoms with Gasteiger partial charge in [0.05, 0.1) is 6.54 Å². The summed E-state index contributed by atoms with van der Waals surface area (Å²) in [4.78, 5) is 24.5. The van der Waals surface area contributed by atoms with Gasteiger partial charge >= 0.3 is 12.0 Å². The minimum atomic E-state index is -1.94. The Labute approximate surface area is 113 Å². The highest BCUT2D eigenvalue weighted by Crippen LogP contribution is 2.15. The van der Waals surface area contributed by atoms with Crippen LogP contribution in [-0.2, 0) is 4.79 Å². The van der Waals surface area contributed by atoms with E-state index in [0.717, 1.165) is 32.9 Å². The Balaban J connectivity index is 2.27. The Kier molecular flexibility index (Phi) is 5.56. The highest BCUT2D eigenvalue weighted by molar-refractivity contribution is 5.79. The summed E-state index contributed by atoms with van der Waals surface area (Å²) in [6.07, 6.45) is 2.19. The average Bonchev–Trinajstić information content (AvgIpc) is 2.81. The number of nitrogens with one attached hydrogen (secondary N) is 2. The van der Waals surface area contributed by atoms with Crippen LogP contribution >= 0.6 is 0 Å². The fourth-order valence-corrected chi connectivity index (χ4v) is 2.14. The van der Waals surface area contributed by atoms with Crippen LogP contribution in [0.25, 0.3) is 0 Å². The normalized spacial score (nSPS) is 22.8. The number of rotatable bonds is 6. The Morgan fingerprint density at radius 1 is 1.42 bits per heavy atom. The molecule has 1 aliphatic rings. The van der Waals surface area contributed by atoms with E-state index in [4.69, 9.17) is 5.11 Å². The average molecular weight is 273 g/mol. The van der Waals surface area contributed by atoms with Crippen molar-refractivity contribution in [2.45, 2.75) is 38.3 Å². The fourth-order valence-electron chi connectivity index (χ4n) is 2.14. The third kappa shape index (κ3) is 4.68. The Morgan fingerprint density at radius 2 is 2.11 bits per heavy atom. The monoisotopic (exact) mass is 273 g/mol. The molecule has 4 N–H and O–H groups in total. The molecule has 7 heteroatoms. The lowest BCUT2D eigenvalue weighted by atomic mass is 10.1. The molecule has 1 rings (SSSR count). The van der Waals surface area contributed by atoms with Gasteiger partial charge in [-0.15, -0.1) is 0 Å². The zero-order valence-electron chi connectivity index (χ0n) is 11.5. The molecule has 0 saturated carbocycles. The van der Waals surface area contributed by atoms with E-state index in [9.17, 15) is 14.7 Å². The van der Waals surface area contributed by atoms with Crippen molar-refractivity contribution >= 4 is 12.0 Å². The van der Waals surface area contributed by atoms with E-state index in [1.54, 1.807) is 0 Å². The number of carbonyl (C=O) groups excluding carboxylic acids is 1. The van der Waals surface area contributed by atoms with Crippen molar-refractivity contribution < 1.29 is 19.8 Å². The van der Waals surface area contributed by atoms with Crippen molar-refractivity contribution in [2.75, 3.05) is 26.2 Å². The highest BCUT2D eigenvalue weighted by atomic mass is 16.4. The van der Waals surface area contributed by atoms with Gasteiger partial charge < -0.3 is 20.8 Å². The van der Waals surface area contributed by atoms with Crippen LogP contribution in [0.1, 0.15) is 26.7 Å². The smallest absolute Gasteiger partial charge is 0.337 e. The molecular formula is C12H23N3O4. The van der Waals surface area contributed by atoms with Gasteiger partial charge in [-0.2, -0.15) is 0 Å². The molecule has 0 aromatic heterocycles. The number of hydrogen-bond donors (Lipinski definition) is 4. The van der Waals surface area contributed by atoms with Gasteiger partial charge in [-0.3, -0.25) is 4.90 Å². The number of likely N-dealkylation sites (tertiary alicyclic amines) is 1. The van der Waals surface area contributed by atoms with E-state index in [1.165, 1.54) is 0 Å². The van der Waals surface area contributed by atoms with Crippen molar-refractivity contribution in [3.63, 3.8) is 0 Å². The van der Waals surface area contributed by atoms with Crippen LogP contribution in [0.15, 0.2) is 0 Å². The maximum atomic E-state index is 11.5. The Morgan fingerprint density at radius 3 is 2.68 bits per heavy atom. The summed E-state index contributed by atoms with van der Waals surface area (Å²) in [7, 11) is 0. The largest absolute Gasteiger partial charge is 0.479 e. The third-order valence-electron chi connectivity index (χ3n) is 3.46. The van der Waals surface area contributed by atoms with Gasteiger partial charge in [-0.25, -0.2) is 9.59 Å². The van der Waals surface area contributed by atoms with Gasteiger partial charge in [0.1, 0.15) is 0 Å². The van der Waals surface area contributed by atoms with Gasteiger partial charge in [-0.1, -0.05) is 6.92 Å². The predicted octanol–water partition coefficient (Wildman–Crippen LogP) is -0.394. The molecule has 1 fully saturated rings. The van der Waals surface area contributed by atoms with Crippen LogP contribution in [0.3, 0.4) is 0 Å². The second-order valence-corrected chi connectivity index (χ2v) is 5.07. The molecule has 19 heavy (non-hydrogen) atoms. The maximum Gasteiger partial charge on any atom is 0.337 e. The molecule has 0 aromatic rings. The number of carbonyl (C=O) groups is 2. The van der Waals surface area contributed by atoms with Gasteiger partial charge in [0.15, 0.2) is 5.60 Å². The van der Waals surface area contributed by atoms with Crippen LogP contribution in [-0.4, -0.2) is 64.9 Å². The molecule has 2 unspecified atom stereocenters. The van der Waals surface area contributed by atoms with Crippen LogP contribution in [0.4, 0.5) is 4.79 Å². The second kappa shape index (κ2) is 6.72. The number of urea groups is 1. The molecule has 1 saturated heterocycles. The summed E-state index contributed by atoms with van der Waals surface area (Å²) in [5, 5.41) is 23.2. The fraction of sp³-hybridized carbons (Fsp3) is 0.833. The molecule has 0 aromatic carbocycles. The molecule has 7 nitrogen and oxygen atoms in total. The van der Waals surface area contributed by atoms with Crippen LogP contribution in [0, 0.1) is 0 Å². The summed E-state index contributed by atoms with van der Waals surface area (Å²) in [5.41, 5.74) is -1.94. The van der Waals surface area contributed by atoms with Gasteiger partial charge in [0.2, 0.25) is 0 Å². The number of aliphatic hydroxyl groups is 1. The molecule has 1 aliphatic heterocycles. The number of carboxylic acid groups (broad SMARTS) is 1. The number of nitrogens with zero attached hydrogens (tertiary/aromatic N) is 1. The van der Waals surface area contributed by atoms with Gasteiger partial charge in [0.25, 0.3) is 0 Å². The molecular weight excluding hydrogens is 250 g/mol. The number of carboxylic acids is 1. The van der Waals surface area contributed by atoms with E-state index in [2.05, 4.69) is 22.5 Å². The first kappa shape index (κ1) is 15.7. The summed E-state index contributed by atoms with van der Waals surface area (Å²) in [6.45, 7) is 5.46. The van der Waals surface area contributed by atoms with E-state index < -0.39 is 17.6 Å². The molecule has 1 heterocycles. The molecule has 0 radical (unpaired) electrons. The zero-order valence-corrected chi connectivity index (χ0v) is 11.5. The quantitative estimate of drug-likeness (QED) is 0.528. The molecule has 0 spiro atoms. The summed E-state index contributed by atoms with van der Waals surface area (Å²) in [6, 6.07) is -0.111. The molecule has 0 bridgehead atoms. The molecule has 2 atom stereocenters. The minimum Gasteiger partial charge on any atom is -0.479 e. The lowest BCUT2D eigenvalue weighted by molar-refractivity contribution is -0.155. The maximum absolute atomic E-state index is 11.5. The van der Waals surface area contributed by atoms with Gasteiger partial charge in [0, 0.05) is 12.6 Å². The topological polar surface area (TPSA) is 102 Å². The van der Waals surface area contributed by atoms with Crippen LogP contribution in [0.2, 0.25) is 0 Å². The van der Waals surface area contributed by atoms with Crippen molar-refractivity contribution in [3.05, 3.63) is 0 Å². The zero-order chi connectivity index (χ0) is 14.5. The molecule has 110 valence electrons. The van der Waals surface area contributed by atoms with Crippen molar-refractivity contribution in [1.82, 2.24) is 15.5 Å². The first-order valence-corrected chi connectivity index (χ1v) is 6.58. The van der Waals surface area contributed by atoms with Crippen molar-refractivity contribution in [2.24, 2.45) is 0 Å². The number of amides is 2. The van der Waals surface area contributed by atoms with Crippen LogP contribution in [0.5, 0.6) is 0 Å². The van der Waals surface area contributed by atoms with Crippen LogP contribution < -0.4 is 10.6 Å². The Hall–Kier alpha value is -1.34. The first-order chi connectivity index (χ1) is 8.86. The van der Waals surface area contributed by atoms with E-state index >= 15 is 0 Å². The molecule has 0 aliphatic carbocycles. The van der Waals surface area contributed by atoms with E-state index in [1.807, 2.05) is 0 Å². The van der Waals surface area contributed by atoms with E-state index in [-0.39, 0.29) is 6.54 Å². The number of aliphatic carboxylic acids is 1. The Bertz CT molecular complexity index is 333. The highest BCUT2D eigenvalue weighted by Gasteiger charge is 2.30. The van der Waals surface area contributed by atoms with E-state index in [0.29, 0.717) is 12.6 Å². The molecule has 2 amide bonds. The van der Waals surface area contributed by atoms with Crippen molar-refractivity contribution in [3.8, 4) is 0 Å². The van der Waals surface area contributed by atoms with Crippen molar-refractivity contribution in [1.29, 1.82) is 0 Å². The predicted molar refractivity (Wildman–Crippen MR) is 69.9 cm³/mol. The van der Waals surface area contributed by atoms with Gasteiger partial charge in [-0.05, 0) is 32.9 Å². The summed E-state index contributed by atoms with van der Waals surface area (Å²) >= 11 is 0. The minimum absolute atomic E-state index is 0.323. The SMILES string of the molecule is CCN1CCCC1CNC(=O)NCC(C)(O)C(=O)O. The standard InChI is InChI=1S/C12H23N3O4/c1-3-15-6-4-5-9(15)7-13-11(18)14-8-12(2,19)10(16)17/h9,19H,3-8H2,1-2H3,(H,16,17)(H2,13,14,18).